The Kier molecular flexibility index (Phi) is 5.20. The van der Waals surface area contributed by atoms with Gasteiger partial charge in [-0.15, -0.1) is 5.06 Å². The molecule has 1 aliphatic heterocycles. The van der Waals surface area contributed by atoms with Gasteiger partial charge in [-0.05, 0) is 32.9 Å². The number of methoxy groups -OCH3 is 1. The summed E-state index contributed by atoms with van der Waals surface area (Å²) in [7, 11) is 1.33. The maximum absolute atomic E-state index is 11.9. The van der Waals surface area contributed by atoms with Crippen LogP contribution < -0.4 is 4.90 Å². The van der Waals surface area contributed by atoms with Crippen LogP contribution in [0.15, 0.2) is 18.3 Å². The summed E-state index contributed by atoms with van der Waals surface area (Å²) in [5, 5.41) is 1.69. The van der Waals surface area contributed by atoms with E-state index in [0.29, 0.717) is 13.1 Å². The molecule has 0 N–H and O–H groups in total. The molecule has 2 heterocycles. The molecular formula is C16H23N3O4. The highest BCUT2D eigenvalue weighted by Gasteiger charge is 2.28. The Morgan fingerprint density at radius 2 is 1.78 bits per heavy atom. The number of hydrogen-bond donors (Lipinski definition) is 0. The van der Waals surface area contributed by atoms with Crippen LogP contribution in [0.2, 0.25) is 0 Å². The van der Waals surface area contributed by atoms with Crippen LogP contribution in [-0.4, -0.2) is 55.3 Å². The fourth-order valence-electron chi connectivity index (χ4n) is 2.09. The minimum absolute atomic E-state index is 0.227. The van der Waals surface area contributed by atoms with E-state index in [-0.39, 0.29) is 11.7 Å². The summed E-state index contributed by atoms with van der Waals surface area (Å²) >= 11 is 0. The van der Waals surface area contributed by atoms with Crippen LogP contribution in [0.1, 0.15) is 31.3 Å². The van der Waals surface area contributed by atoms with E-state index in [1.165, 1.54) is 7.11 Å². The summed E-state index contributed by atoms with van der Waals surface area (Å²) < 4.78 is 4.63. The summed E-state index contributed by atoms with van der Waals surface area (Å²) in [6, 6.07) is 3.49. The van der Waals surface area contributed by atoms with Gasteiger partial charge in [-0.25, -0.2) is 14.6 Å². The lowest BCUT2D eigenvalue weighted by molar-refractivity contribution is -0.201. The average Bonchev–Trinajstić information content (AvgIpc) is 2.54. The predicted molar refractivity (Wildman–Crippen MR) is 84.9 cm³/mol. The molecule has 2 rings (SSSR count). The van der Waals surface area contributed by atoms with Crippen molar-refractivity contribution in [2.45, 2.75) is 20.8 Å². The number of aromatic nitrogens is 1. The van der Waals surface area contributed by atoms with Gasteiger partial charge in [0.05, 0.1) is 37.5 Å². The van der Waals surface area contributed by atoms with Crippen LogP contribution in [0.4, 0.5) is 5.69 Å². The molecule has 0 amide bonds. The van der Waals surface area contributed by atoms with E-state index in [1.54, 1.807) is 17.3 Å². The van der Waals surface area contributed by atoms with E-state index < -0.39 is 11.4 Å². The van der Waals surface area contributed by atoms with Crippen molar-refractivity contribution in [3.8, 4) is 0 Å². The highest BCUT2D eigenvalue weighted by molar-refractivity contribution is 5.87. The van der Waals surface area contributed by atoms with Crippen molar-refractivity contribution in [2.75, 3.05) is 38.2 Å². The molecule has 0 aliphatic carbocycles. The molecule has 0 aromatic carbocycles. The summed E-state index contributed by atoms with van der Waals surface area (Å²) in [6.07, 6.45) is 1.66. The smallest absolute Gasteiger partial charge is 0.356 e. The fourth-order valence-corrected chi connectivity index (χ4v) is 2.09. The number of anilines is 1. The summed E-state index contributed by atoms with van der Waals surface area (Å²) in [4.78, 5) is 34.9. The molecule has 1 aliphatic rings. The maximum atomic E-state index is 11.9. The number of hydrogen-bond acceptors (Lipinski definition) is 7. The Bertz CT molecular complexity index is 558. The molecule has 1 aromatic rings. The molecule has 0 spiro atoms. The molecule has 0 radical (unpaired) electrons. The van der Waals surface area contributed by atoms with Gasteiger partial charge in [-0.3, -0.25) is 0 Å². The molecule has 0 unspecified atom stereocenters. The minimum atomic E-state index is -0.509. The minimum Gasteiger partial charge on any atom is -0.464 e. The van der Waals surface area contributed by atoms with Gasteiger partial charge in [0, 0.05) is 13.1 Å². The number of carbonyl (C=O) groups excluding carboxylic acids is 2. The zero-order chi connectivity index (χ0) is 17.0. The van der Waals surface area contributed by atoms with E-state index in [1.807, 2.05) is 26.8 Å². The normalized spacial score (nSPS) is 16.1. The lowest BCUT2D eigenvalue weighted by Crippen LogP contribution is -2.48. The third kappa shape index (κ3) is 4.41. The molecule has 1 fully saturated rings. The third-order valence-electron chi connectivity index (χ3n) is 3.57. The second kappa shape index (κ2) is 6.95. The van der Waals surface area contributed by atoms with E-state index in [4.69, 9.17) is 4.84 Å². The lowest BCUT2D eigenvalue weighted by Gasteiger charge is -2.35. The van der Waals surface area contributed by atoms with Crippen LogP contribution in [-0.2, 0) is 14.4 Å². The van der Waals surface area contributed by atoms with Gasteiger partial charge in [0.25, 0.3) is 0 Å². The van der Waals surface area contributed by atoms with Gasteiger partial charge in [-0.1, -0.05) is 0 Å². The van der Waals surface area contributed by atoms with E-state index in [2.05, 4.69) is 14.6 Å². The molecule has 126 valence electrons. The topological polar surface area (TPSA) is 72.0 Å². The SMILES string of the molecule is COC(=O)c1ccc(N2CCN(OC(=O)C(C)(C)C)CC2)cn1. The van der Waals surface area contributed by atoms with Crippen molar-refractivity contribution in [2.24, 2.45) is 5.41 Å². The number of nitrogens with zero attached hydrogens (tertiary/aromatic N) is 3. The molecule has 1 aromatic heterocycles. The second-order valence-corrected chi connectivity index (χ2v) is 6.44. The summed E-state index contributed by atoms with van der Waals surface area (Å²) in [6.45, 7) is 8.19. The predicted octanol–water partition coefficient (Wildman–Crippen LogP) is 1.49. The van der Waals surface area contributed by atoms with Crippen molar-refractivity contribution in [1.29, 1.82) is 0 Å². The van der Waals surface area contributed by atoms with E-state index in [9.17, 15) is 9.59 Å². The Morgan fingerprint density at radius 3 is 2.26 bits per heavy atom. The van der Waals surface area contributed by atoms with Crippen molar-refractivity contribution in [1.82, 2.24) is 10.0 Å². The summed E-state index contributed by atoms with van der Waals surface area (Å²) in [5.74, 6) is -0.675. The van der Waals surface area contributed by atoms with E-state index in [0.717, 1.165) is 18.8 Å². The van der Waals surface area contributed by atoms with Gasteiger partial charge in [0.2, 0.25) is 0 Å². The number of piperazine rings is 1. The third-order valence-corrected chi connectivity index (χ3v) is 3.57. The first kappa shape index (κ1) is 17.2. The highest BCUT2D eigenvalue weighted by Crippen LogP contribution is 2.19. The van der Waals surface area contributed by atoms with Crippen molar-refractivity contribution < 1.29 is 19.2 Å². The zero-order valence-corrected chi connectivity index (χ0v) is 14.0. The first-order valence-electron chi connectivity index (χ1n) is 7.58. The number of pyridine rings is 1. The van der Waals surface area contributed by atoms with Crippen molar-refractivity contribution in [3.63, 3.8) is 0 Å². The zero-order valence-electron chi connectivity index (χ0n) is 14.0. The molecule has 0 atom stereocenters. The molecule has 7 heteroatoms. The lowest BCUT2D eigenvalue weighted by atomic mass is 9.98. The number of rotatable bonds is 3. The molecule has 7 nitrogen and oxygen atoms in total. The van der Waals surface area contributed by atoms with Crippen molar-refractivity contribution >= 4 is 17.6 Å². The average molecular weight is 321 g/mol. The van der Waals surface area contributed by atoms with Crippen LogP contribution in [0.25, 0.3) is 0 Å². The van der Waals surface area contributed by atoms with Crippen LogP contribution in [0, 0.1) is 5.41 Å². The monoisotopic (exact) mass is 321 g/mol. The van der Waals surface area contributed by atoms with Gasteiger partial charge in [0.15, 0.2) is 0 Å². The van der Waals surface area contributed by atoms with Gasteiger partial charge < -0.3 is 14.5 Å². The van der Waals surface area contributed by atoms with Crippen LogP contribution >= 0.6 is 0 Å². The summed E-state index contributed by atoms with van der Waals surface area (Å²) in [5.41, 5.74) is 0.707. The molecular weight excluding hydrogens is 298 g/mol. The number of hydroxylamine groups is 2. The Morgan fingerprint density at radius 1 is 1.13 bits per heavy atom. The second-order valence-electron chi connectivity index (χ2n) is 6.44. The molecule has 1 saturated heterocycles. The standard InChI is InChI=1S/C16H23N3O4/c1-16(2,3)15(21)23-19-9-7-18(8-10-19)12-5-6-13(17-11-12)14(20)22-4/h5-6,11H,7-10H2,1-4H3. The first-order chi connectivity index (χ1) is 10.8. The molecule has 23 heavy (non-hydrogen) atoms. The number of ether oxygens (including phenoxy) is 1. The largest absolute Gasteiger partial charge is 0.464 e. The van der Waals surface area contributed by atoms with Gasteiger partial charge in [-0.2, -0.15) is 0 Å². The Balaban J connectivity index is 1.89. The number of carbonyl (C=O) groups is 2. The Labute approximate surface area is 136 Å². The van der Waals surface area contributed by atoms with Crippen molar-refractivity contribution in [3.05, 3.63) is 24.0 Å². The Hall–Kier alpha value is -2.15. The molecule has 0 saturated carbocycles. The first-order valence-corrected chi connectivity index (χ1v) is 7.58. The highest BCUT2D eigenvalue weighted by atomic mass is 16.7. The molecule has 0 bridgehead atoms. The van der Waals surface area contributed by atoms with E-state index >= 15 is 0 Å². The quantitative estimate of drug-likeness (QED) is 0.781. The number of esters is 1. The van der Waals surface area contributed by atoms with Crippen LogP contribution in [0.5, 0.6) is 0 Å². The van der Waals surface area contributed by atoms with Gasteiger partial charge >= 0.3 is 11.9 Å². The van der Waals surface area contributed by atoms with Crippen LogP contribution in [0.3, 0.4) is 0 Å². The fraction of sp³-hybridized carbons (Fsp3) is 0.562. The van der Waals surface area contributed by atoms with Gasteiger partial charge in [0.1, 0.15) is 5.69 Å². The maximum Gasteiger partial charge on any atom is 0.356 e.